The largest absolute Gasteiger partial charge is 0.372 e. The SMILES string of the molecule is CCC(C)C1CNCC(C(C)C)O1. The Morgan fingerprint density at radius 3 is 2.38 bits per heavy atom. The van der Waals surface area contributed by atoms with Crippen LogP contribution in [-0.4, -0.2) is 25.3 Å². The lowest BCUT2D eigenvalue weighted by Gasteiger charge is -2.35. The first-order valence-electron chi connectivity index (χ1n) is 5.51. The van der Waals surface area contributed by atoms with Gasteiger partial charge in [0.15, 0.2) is 0 Å². The predicted octanol–water partition coefficient (Wildman–Crippen LogP) is 2.05. The van der Waals surface area contributed by atoms with Crippen LogP contribution in [0.15, 0.2) is 0 Å². The highest BCUT2D eigenvalue weighted by atomic mass is 16.5. The molecular formula is C11H23NO. The fraction of sp³-hybridized carbons (Fsp3) is 1.00. The molecule has 1 fully saturated rings. The van der Waals surface area contributed by atoms with Crippen molar-refractivity contribution < 1.29 is 4.74 Å². The van der Waals surface area contributed by atoms with E-state index < -0.39 is 0 Å². The van der Waals surface area contributed by atoms with E-state index in [4.69, 9.17) is 4.74 Å². The lowest BCUT2D eigenvalue weighted by Crippen LogP contribution is -2.49. The normalized spacial score (nSPS) is 32.1. The Labute approximate surface area is 82.0 Å². The molecule has 1 heterocycles. The summed E-state index contributed by atoms with van der Waals surface area (Å²) in [6, 6.07) is 0. The molecule has 0 saturated carbocycles. The van der Waals surface area contributed by atoms with Crippen LogP contribution in [0.1, 0.15) is 34.1 Å². The number of rotatable bonds is 3. The summed E-state index contributed by atoms with van der Waals surface area (Å²) in [5.41, 5.74) is 0. The van der Waals surface area contributed by atoms with Gasteiger partial charge in [0.25, 0.3) is 0 Å². The topological polar surface area (TPSA) is 21.3 Å². The Morgan fingerprint density at radius 1 is 1.23 bits per heavy atom. The molecule has 1 aliphatic rings. The smallest absolute Gasteiger partial charge is 0.0729 e. The molecule has 0 amide bonds. The van der Waals surface area contributed by atoms with Crippen LogP contribution in [0.5, 0.6) is 0 Å². The van der Waals surface area contributed by atoms with Crippen molar-refractivity contribution in [2.45, 2.75) is 46.3 Å². The van der Waals surface area contributed by atoms with Gasteiger partial charge in [-0.3, -0.25) is 0 Å². The second-order valence-electron chi connectivity index (χ2n) is 4.50. The lowest BCUT2D eigenvalue weighted by molar-refractivity contribution is -0.0810. The van der Waals surface area contributed by atoms with Crippen molar-refractivity contribution in [3.05, 3.63) is 0 Å². The molecule has 0 aliphatic carbocycles. The monoisotopic (exact) mass is 185 g/mol. The third-order valence-electron chi connectivity index (χ3n) is 3.06. The first-order valence-corrected chi connectivity index (χ1v) is 5.51. The zero-order valence-corrected chi connectivity index (χ0v) is 9.34. The van der Waals surface area contributed by atoms with Gasteiger partial charge in [-0.25, -0.2) is 0 Å². The molecule has 3 unspecified atom stereocenters. The van der Waals surface area contributed by atoms with Gasteiger partial charge in [0.05, 0.1) is 12.2 Å². The highest BCUT2D eigenvalue weighted by Crippen LogP contribution is 2.19. The van der Waals surface area contributed by atoms with Crippen LogP contribution in [0.2, 0.25) is 0 Å². The minimum Gasteiger partial charge on any atom is -0.372 e. The first-order chi connectivity index (χ1) is 6.15. The predicted molar refractivity (Wildman–Crippen MR) is 55.8 cm³/mol. The summed E-state index contributed by atoms with van der Waals surface area (Å²) in [5.74, 6) is 1.30. The standard InChI is InChI=1S/C11H23NO/c1-5-9(4)11-7-12-6-10(13-11)8(2)3/h8-12H,5-7H2,1-4H3. The van der Waals surface area contributed by atoms with Crippen LogP contribution in [0, 0.1) is 11.8 Å². The van der Waals surface area contributed by atoms with Crippen molar-refractivity contribution in [1.29, 1.82) is 0 Å². The molecule has 0 aromatic heterocycles. The number of hydrogen-bond acceptors (Lipinski definition) is 2. The van der Waals surface area contributed by atoms with E-state index in [1.807, 2.05) is 0 Å². The van der Waals surface area contributed by atoms with E-state index in [0.29, 0.717) is 24.0 Å². The van der Waals surface area contributed by atoms with Gasteiger partial charge in [-0.2, -0.15) is 0 Å². The van der Waals surface area contributed by atoms with Gasteiger partial charge >= 0.3 is 0 Å². The molecule has 0 spiro atoms. The lowest BCUT2D eigenvalue weighted by atomic mass is 9.98. The highest BCUT2D eigenvalue weighted by molar-refractivity contribution is 4.79. The Hall–Kier alpha value is -0.0800. The quantitative estimate of drug-likeness (QED) is 0.726. The van der Waals surface area contributed by atoms with Crippen LogP contribution >= 0.6 is 0 Å². The minimum absolute atomic E-state index is 0.410. The van der Waals surface area contributed by atoms with Gasteiger partial charge in [-0.05, 0) is 11.8 Å². The molecule has 2 nitrogen and oxygen atoms in total. The zero-order chi connectivity index (χ0) is 9.84. The van der Waals surface area contributed by atoms with Crippen molar-refractivity contribution in [1.82, 2.24) is 5.32 Å². The average Bonchev–Trinajstić information content (AvgIpc) is 2.17. The number of ether oxygens (including phenoxy) is 1. The van der Waals surface area contributed by atoms with Crippen molar-refractivity contribution >= 4 is 0 Å². The van der Waals surface area contributed by atoms with E-state index >= 15 is 0 Å². The van der Waals surface area contributed by atoms with Crippen LogP contribution < -0.4 is 5.32 Å². The Balaban J connectivity index is 2.41. The van der Waals surface area contributed by atoms with Crippen molar-refractivity contribution in [3.8, 4) is 0 Å². The molecule has 1 N–H and O–H groups in total. The summed E-state index contributed by atoms with van der Waals surface area (Å²) in [4.78, 5) is 0. The van der Waals surface area contributed by atoms with E-state index in [9.17, 15) is 0 Å². The average molecular weight is 185 g/mol. The van der Waals surface area contributed by atoms with Gasteiger partial charge in [-0.1, -0.05) is 34.1 Å². The molecule has 1 saturated heterocycles. The molecule has 0 aromatic carbocycles. The van der Waals surface area contributed by atoms with Gasteiger partial charge < -0.3 is 10.1 Å². The fourth-order valence-electron chi connectivity index (χ4n) is 1.68. The van der Waals surface area contributed by atoms with E-state index in [0.717, 1.165) is 13.1 Å². The molecular weight excluding hydrogens is 162 g/mol. The molecule has 0 aromatic rings. The molecule has 78 valence electrons. The van der Waals surface area contributed by atoms with Crippen LogP contribution in [0.3, 0.4) is 0 Å². The maximum atomic E-state index is 6.04. The molecule has 3 atom stereocenters. The number of hydrogen-bond donors (Lipinski definition) is 1. The van der Waals surface area contributed by atoms with E-state index in [-0.39, 0.29) is 0 Å². The number of nitrogens with one attached hydrogen (secondary N) is 1. The second kappa shape index (κ2) is 4.97. The molecule has 1 aliphatic heterocycles. The molecule has 13 heavy (non-hydrogen) atoms. The van der Waals surface area contributed by atoms with Crippen LogP contribution in [-0.2, 0) is 4.74 Å². The van der Waals surface area contributed by atoms with E-state index in [1.54, 1.807) is 0 Å². The Kier molecular flexibility index (Phi) is 4.20. The van der Waals surface area contributed by atoms with Crippen LogP contribution in [0.4, 0.5) is 0 Å². The van der Waals surface area contributed by atoms with E-state index in [1.165, 1.54) is 6.42 Å². The first kappa shape index (κ1) is 11.0. The summed E-state index contributed by atoms with van der Waals surface area (Å²) >= 11 is 0. The molecule has 0 bridgehead atoms. The van der Waals surface area contributed by atoms with Gasteiger partial charge in [0, 0.05) is 13.1 Å². The molecule has 0 radical (unpaired) electrons. The van der Waals surface area contributed by atoms with Gasteiger partial charge in [0.2, 0.25) is 0 Å². The van der Waals surface area contributed by atoms with E-state index in [2.05, 4.69) is 33.0 Å². The minimum atomic E-state index is 0.410. The Bertz CT molecular complexity index is 147. The van der Waals surface area contributed by atoms with Gasteiger partial charge in [-0.15, -0.1) is 0 Å². The van der Waals surface area contributed by atoms with Gasteiger partial charge in [0.1, 0.15) is 0 Å². The van der Waals surface area contributed by atoms with Crippen molar-refractivity contribution in [2.75, 3.05) is 13.1 Å². The molecule has 2 heteroatoms. The summed E-state index contributed by atoms with van der Waals surface area (Å²) in [6.07, 6.45) is 2.04. The second-order valence-corrected chi connectivity index (χ2v) is 4.50. The third kappa shape index (κ3) is 2.96. The maximum Gasteiger partial charge on any atom is 0.0729 e. The summed E-state index contributed by atoms with van der Waals surface area (Å²) in [7, 11) is 0. The summed E-state index contributed by atoms with van der Waals surface area (Å²) in [6.45, 7) is 11.0. The van der Waals surface area contributed by atoms with Crippen LogP contribution in [0.25, 0.3) is 0 Å². The third-order valence-corrected chi connectivity index (χ3v) is 3.06. The fourth-order valence-corrected chi connectivity index (χ4v) is 1.68. The number of morpholine rings is 1. The zero-order valence-electron chi connectivity index (χ0n) is 9.34. The van der Waals surface area contributed by atoms with Crippen molar-refractivity contribution in [2.24, 2.45) is 11.8 Å². The molecule has 1 rings (SSSR count). The maximum absolute atomic E-state index is 6.04. The highest BCUT2D eigenvalue weighted by Gasteiger charge is 2.26. The Morgan fingerprint density at radius 2 is 1.85 bits per heavy atom. The summed E-state index contributed by atoms with van der Waals surface area (Å²) < 4.78 is 6.04. The summed E-state index contributed by atoms with van der Waals surface area (Å²) in [5, 5.41) is 3.46. The van der Waals surface area contributed by atoms with Crippen molar-refractivity contribution in [3.63, 3.8) is 0 Å².